The lowest BCUT2D eigenvalue weighted by atomic mass is 9.73. The molecule has 2 aromatic rings. The number of nitrogens with one attached hydrogen (secondary N) is 1. The van der Waals surface area contributed by atoms with Gasteiger partial charge in [-0.25, -0.2) is 9.18 Å². The first-order valence-corrected chi connectivity index (χ1v) is 9.19. The maximum Gasteiger partial charge on any atom is 0.426 e. The Balaban J connectivity index is 1.70. The van der Waals surface area contributed by atoms with Gasteiger partial charge in [-0.1, -0.05) is 16.8 Å². The maximum atomic E-state index is 13.6. The molecule has 150 valence electrons. The van der Waals surface area contributed by atoms with Gasteiger partial charge in [-0.05, 0) is 49.2 Å². The number of esters is 1. The Morgan fingerprint density at radius 1 is 1.36 bits per heavy atom. The predicted molar refractivity (Wildman–Crippen MR) is 94.5 cm³/mol. The summed E-state index contributed by atoms with van der Waals surface area (Å²) in [6.45, 7) is 2.69. The van der Waals surface area contributed by atoms with E-state index < -0.39 is 11.0 Å². The number of nitrogens with zero attached hydrogens (tertiary/aromatic N) is 2. The van der Waals surface area contributed by atoms with Crippen LogP contribution in [0.5, 0.6) is 0 Å². The third-order valence-electron chi connectivity index (χ3n) is 5.04. The minimum absolute atomic E-state index is 0.0535. The van der Waals surface area contributed by atoms with Gasteiger partial charge in [0.05, 0.1) is 12.0 Å². The molecule has 8 nitrogen and oxygen atoms in total. The van der Waals surface area contributed by atoms with Crippen molar-refractivity contribution in [2.45, 2.75) is 32.7 Å². The van der Waals surface area contributed by atoms with E-state index in [1.165, 1.54) is 16.8 Å². The fraction of sp³-hybridized carbons (Fsp3) is 0.474. The molecule has 0 atom stereocenters. The van der Waals surface area contributed by atoms with Gasteiger partial charge >= 0.3 is 11.6 Å². The zero-order valence-corrected chi connectivity index (χ0v) is 15.7. The van der Waals surface area contributed by atoms with Crippen LogP contribution in [0.2, 0.25) is 0 Å². The minimum Gasteiger partial charge on any atom is -0.466 e. The van der Waals surface area contributed by atoms with Crippen LogP contribution in [0.3, 0.4) is 0 Å². The second-order valence-corrected chi connectivity index (χ2v) is 6.96. The number of aromatic nitrogens is 2. The largest absolute Gasteiger partial charge is 0.466 e. The molecule has 1 fully saturated rings. The SMILES string of the molecule is CCOC(=O)C1(Cc2cccc(F)c2)CCN(C(=O)C[n+]2cc(=O)o[nH]2)CC1. The molecular formula is C19H23FN3O5+. The van der Waals surface area contributed by atoms with Crippen LogP contribution in [0.4, 0.5) is 4.39 Å². The molecule has 0 spiro atoms. The van der Waals surface area contributed by atoms with Gasteiger partial charge in [-0.3, -0.25) is 14.1 Å². The van der Waals surface area contributed by atoms with Gasteiger partial charge in [-0.2, -0.15) is 0 Å². The topological polar surface area (TPSA) is 96.5 Å². The number of H-pyrrole nitrogens is 1. The van der Waals surface area contributed by atoms with Gasteiger partial charge in [0.25, 0.3) is 18.6 Å². The molecule has 2 heterocycles. The van der Waals surface area contributed by atoms with Crippen molar-refractivity contribution in [3.63, 3.8) is 0 Å². The Labute approximate surface area is 160 Å². The molecule has 0 unspecified atom stereocenters. The third-order valence-corrected chi connectivity index (χ3v) is 5.04. The van der Waals surface area contributed by atoms with Gasteiger partial charge < -0.3 is 9.64 Å². The summed E-state index contributed by atoms with van der Waals surface area (Å²) in [7, 11) is 0. The zero-order valence-electron chi connectivity index (χ0n) is 15.7. The third kappa shape index (κ3) is 4.47. The minimum atomic E-state index is -0.794. The van der Waals surface area contributed by atoms with E-state index in [-0.39, 0.29) is 30.8 Å². The zero-order chi connectivity index (χ0) is 20.1. The molecule has 0 bridgehead atoms. The number of carbonyl (C=O) groups is 2. The van der Waals surface area contributed by atoms with Crippen molar-refractivity contribution in [1.82, 2.24) is 10.2 Å². The second-order valence-electron chi connectivity index (χ2n) is 6.96. The Bertz CT molecular complexity index is 899. The number of piperidine rings is 1. The number of rotatable bonds is 6. The quantitative estimate of drug-likeness (QED) is 0.580. The molecule has 0 aliphatic carbocycles. The van der Waals surface area contributed by atoms with Crippen LogP contribution >= 0.6 is 0 Å². The number of benzene rings is 1. The van der Waals surface area contributed by atoms with E-state index in [9.17, 15) is 18.8 Å². The summed E-state index contributed by atoms with van der Waals surface area (Å²) in [4.78, 5) is 37.9. The molecule has 1 N–H and O–H groups in total. The summed E-state index contributed by atoms with van der Waals surface area (Å²) in [6, 6.07) is 6.18. The molecule has 1 amide bonds. The normalized spacial score (nSPS) is 16.0. The van der Waals surface area contributed by atoms with Crippen molar-refractivity contribution < 1.29 is 27.9 Å². The van der Waals surface area contributed by atoms with E-state index in [0.29, 0.717) is 32.4 Å². The first-order valence-electron chi connectivity index (χ1n) is 9.19. The van der Waals surface area contributed by atoms with Gasteiger partial charge in [-0.15, -0.1) is 0 Å². The van der Waals surface area contributed by atoms with Crippen molar-refractivity contribution in [1.29, 1.82) is 0 Å². The summed E-state index contributed by atoms with van der Waals surface area (Å²) >= 11 is 0. The number of likely N-dealkylation sites (tertiary alicyclic amines) is 1. The molecule has 3 rings (SSSR count). The molecule has 1 aliphatic heterocycles. The lowest BCUT2D eigenvalue weighted by Gasteiger charge is -2.39. The summed E-state index contributed by atoms with van der Waals surface area (Å²) < 4.78 is 24.7. The predicted octanol–water partition coefficient (Wildman–Crippen LogP) is 0.809. The van der Waals surface area contributed by atoms with Crippen molar-refractivity contribution in [3.05, 3.63) is 52.3 Å². The van der Waals surface area contributed by atoms with E-state index in [0.717, 1.165) is 11.8 Å². The van der Waals surface area contributed by atoms with Crippen LogP contribution in [0.1, 0.15) is 25.3 Å². The number of ether oxygens (including phenoxy) is 1. The molecule has 9 heteroatoms. The van der Waals surface area contributed by atoms with Crippen LogP contribution in [0.25, 0.3) is 0 Å². The smallest absolute Gasteiger partial charge is 0.426 e. The van der Waals surface area contributed by atoms with Crippen molar-refractivity contribution in [3.8, 4) is 0 Å². The van der Waals surface area contributed by atoms with Gasteiger partial charge in [0.1, 0.15) is 5.82 Å². The highest BCUT2D eigenvalue weighted by molar-refractivity contribution is 5.79. The molecule has 0 saturated carbocycles. The van der Waals surface area contributed by atoms with E-state index in [1.807, 2.05) is 0 Å². The van der Waals surface area contributed by atoms with E-state index in [2.05, 4.69) is 9.79 Å². The van der Waals surface area contributed by atoms with Crippen molar-refractivity contribution in [2.75, 3.05) is 19.7 Å². The maximum absolute atomic E-state index is 13.6. The first kappa shape index (κ1) is 19.8. The highest BCUT2D eigenvalue weighted by atomic mass is 19.1. The highest BCUT2D eigenvalue weighted by Crippen LogP contribution is 2.37. The Hall–Kier alpha value is -2.97. The van der Waals surface area contributed by atoms with Crippen LogP contribution < -0.4 is 10.3 Å². The summed E-state index contributed by atoms with van der Waals surface area (Å²) in [5.41, 5.74) is -0.639. The van der Waals surface area contributed by atoms with Crippen LogP contribution in [-0.4, -0.2) is 41.7 Å². The monoisotopic (exact) mass is 392 g/mol. The van der Waals surface area contributed by atoms with E-state index >= 15 is 0 Å². The van der Waals surface area contributed by atoms with E-state index in [1.54, 1.807) is 24.0 Å². The first-order chi connectivity index (χ1) is 13.4. The molecule has 1 aromatic carbocycles. The van der Waals surface area contributed by atoms with Crippen LogP contribution in [0, 0.1) is 11.2 Å². The number of aromatic amines is 1. The second kappa shape index (κ2) is 8.37. The fourth-order valence-electron chi connectivity index (χ4n) is 3.57. The molecule has 1 aliphatic rings. The standard InChI is InChI=1S/C19H22FN3O5/c1-2-27-18(26)19(11-14-4-3-5-15(20)10-14)6-8-22(9-7-19)16(24)12-23-13-17(25)28-21-23/h3-5,10,13H,2,6-9,11-12H2,1H3/p+1. The lowest BCUT2D eigenvalue weighted by Crippen LogP contribution is -2.52. The Kier molecular flexibility index (Phi) is 5.91. The average Bonchev–Trinajstić information content (AvgIpc) is 3.07. The highest BCUT2D eigenvalue weighted by Gasteiger charge is 2.44. The number of carbonyl (C=O) groups excluding carboxylic acids is 2. The summed E-state index contributed by atoms with van der Waals surface area (Å²) in [6.07, 6.45) is 2.35. The van der Waals surface area contributed by atoms with E-state index in [4.69, 9.17) is 4.74 Å². The average molecular weight is 392 g/mol. The van der Waals surface area contributed by atoms with Gasteiger partial charge in [0.15, 0.2) is 0 Å². The van der Waals surface area contributed by atoms with Crippen molar-refractivity contribution in [2.24, 2.45) is 5.41 Å². The fourth-order valence-corrected chi connectivity index (χ4v) is 3.57. The number of amides is 1. The molecular weight excluding hydrogens is 369 g/mol. The number of halogens is 1. The van der Waals surface area contributed by atoms with Gasteiger partial charge in [0.2, 0.25) is 0 Å². The van der Waals surface area contributed by atoms with Gasteiger partial charge in [0, 0.05) is 13.1 Å². The summed E-state index contributed by atoms with van der Waals surface area (Å²) in [5.74, 6) is -0.861. The molecule has 1 aromatic heterocycles. The molecule has 0 radical (unpaired) electrons. The Morgan fingerprint density at radius 3 is 2.71 bits per heavy atom. The number of hydrogen-bond donors (Lipinski definition) is 1. The van der Waals surface area contributed by atoms with Crippen LogP contribution in [0.15, 0.2) is 39.8 Å². The molecule has 1 saturated heterocycles. The van der Waals surface area contributed by atoms with Crippen molar-refractivity contribution >= 4 is 11.9 Å². The van der Waals surface area contributed by atoms with Crippen LogP contribution in [-0.2, 0) is 27.3 Å². The summed E-state index contributed by atoms with van der Waals surface area (Å²) in [5, 5.41) is 2.34. The molecule has 28 heavy (non-hydrogen) atoms. The number of hydrogen-bond acceptors (Lipinski definition) is 5. The lowest BCUT2D eigenvalue weighted by molar-refractivity contribution is -0.751. The Morgan fingerprint density at radius 2 is 2.11 bits per heavy atom.